The Morgan fingerprint density at radius 3 is 2.75 bits per heavy atom. The lowest BCUT2D eigenvalue weighted by atomic mass is 10.2. The molecule has 0 N–H and O–H groups in total. The number of rotatable bonds is 1. The minimum Gasteiger partial charge on any atom is -0.192 e. The first-order chi connectivity index (χ1) is 5.69. The van der Waals surface area contributed by atoms with Crippen LogP contribution in [-0.4, -0.2) is 0 Å². The second-order valence-electron chi connectivity index (χ2n) is 2.18. The summed E-state index contributed by atoms with van der Waals surface area (Å²) >= 11 is 11.4. The number of hydrogen-bond acceptors (Lipinski definition) is 1. The van der Waals surface area contributed by atoms with Crippen LogP contribution in [0.3, 0.4) is 0 Å². The molecule has 0 saturated carbocycles. The molecule has 0 heterocycles. The maximum atomic E-state index is 8.66. The van der Waals surface area contributed by atoms with Crippen LogP contribution in [-0.2, 0) is 5.33 Å². The van der Waals surface area contributed by atoms with Crippen LogP contribution in [0, 0.1) is 14.9 Å². The first-order valence-electron chi connectivity index (χ1n) is 3.13. The molecule has 4 heteroatoms. The topological polar surface area (TPSA) is 23.8 Å². The summed E-state index contributed by atoms with van der Waals surface area (Å²) < 4.78 is 0.919. The molecule has 0 unspecified atom stereocenters. The van der Waals surface area contributed by atoms with E-state index in [9.17, 15) is 0 Å². The second-order valence-corrected chi connectivity index (χ2v) is 4.28. The maximum Gasteiger partial charge on any atom is 0.0992 e. The first-order valence-corrected chi connectivity index (χ1v) is 5.71. The Kier molecular flexibility index (Phi) is 3.81. The molecule has 0 amide bonds. The van der Waals surface area contributed by atoms with E-state index in [2.05, 4.69) is 44.6 Å². The van der Waals surface area contributed by atoms with Gasteiger partial charge in [0.05, 0.1) is 16.7 Å². The lowest BCUT2D eigenvalue weighted by Gasteiger charge is -2.02. The van der Waals surface area contributed by atoms with Crippen molar-refractivity contribution in [2.75, 3.05) is 0 Å². The van der Waals surface area contributed by atoms with Crippen molar-refractivity contribution in [3.05, 3.63) is 31.9 Å². The summed E-state index contributed by atoms with van der Waals surface area (Å²) in [7, 11) is 0. The monoisotopic (exact) mass is 355 g/mol. The fraction of sp³-hybridized carbons (Fsp3) is 0.125. The van der Waals surface area contributed by atoms with Crippen molar-refractivity contribution in [2.45, 2.75) is 5.33 Å². The van der Waals surface area contributed by atoms with Gasteiger partial charge in [-0.15, -0.1) is 0 Å². The molecule has 1 aromatic carbocycles. The van der Waals surface area contributed by atoms with Crippen LogP contribution < -0.4 is 0 Å². The van der Waals surface area contributed by atoms with Gasteiger partial charge in [-0.25, -0.2) is 0 Å². The molecule has 0 spiro atoms. The van der Waals surface area contributed by atoms with Gasteiger partial charge in [-0.3, -0.25) is 0 Å². The van der Waals surface area contributed by atoms with Gasteiger partial charge in [-0.05, 0) is 40.3 Å². The van der Waals surface area contributed by atoms with Gasteiger partial charge in [0.15, 0.2) is 0 Å². The van der Waals surface area contributed by atoms with E-state index in [0.717, 1.165) is 14.2 Å². The van der Waals surface area contributed by atoms with Crippen LogP contribution in [0.1, 0.15) is 11.1 Å². The van der Waals surface area contributed by atoms with Crippen LogP contribution in [0.5, 0.6) is 0 Å². The summed E-state index contributed by atoms with van der Waals surface area (Å²) in [5.41, 5.74) is 1.61. The SMILES string of the molecule is N#Cc1cc(I)c(Cl)c(CBr)c1. The molecule has 0 atom stereocenters. The molecule has 0 fully saturated rings. The second kappa shape index (κ2) is 4.45. The van der Waals surface area contributed by atoms with Gasteiger partial charge in [0, 0.05) is 8.90 Å². The first kappa shape index (κ1) is 10.3. The van der Waals surface area contributed by atoms with Gasteiger partial charge in [-0.2, -0.15) is 5.26 Å². The highest BCUT2D eigenvalue weighted by Gasteiger charge is 2.05. The Labute approximate surface area is 98.0 Å². The lowest BCUT2D eigenvalue weighted by Crippen LogP contribution is -1.86. The molecular formula is C8H4BrClIN. The van der Waals surface area contributed by atoms with Gasteiger partial charge < -0.3 is 0 Å². The summed E-state index contributed by atoms with van der Waals surface area (Å²) in [5, 5.41) is 10.1. The van der Waals surface area contributed by atoms with E-state index < -0.39 is 0 Å². The van der Waals surface area contributed by atoms with Crippen LogP contribution in [0.2, 0.25) is 5.02 Å². The molecular weight excluding hydrogens is 352 g/mol. The van der Waals surface area contributed by atoms with Crippen LogP contribution >= 0.6 is 50.1 Å². The molecule has 12 heavy (non-hydrogen) atoms. The summed E-state index contributed by atoms with van der Waals surface area (Å²) in [6.07, 6.45) is 0. The summed E-state index contributed by atoms with van der Waals surface area (Å²) in [4.78, 5) is 0. The van der Waals surface area contributed by atoms with Crippen molar-refractivity contribution < 1.29 is 0 Å². The highest BCUT2D eigenvalue weighted by molar-refractivity contribution is 14.1. The van der Waals surface area contributed by atoms with Crippen molar-refractivity contribution in [2.24, 2.45) is 0 Å². The van der Waals surface area contributed by atoms with E-state index in [1.807, 2.05) is 0 Å². The Morgan fingerprint density at radius 1 is 1.58 bits per heavy atom. The van der Waals surface area contributed by atoms with E-state index in [1.54, 1.807) is 12.1 Å². The van der Waals surface area contributed by atoms with E-state index in [0.29, 0.717) is 10.9 Å². The Bertz CT molecular complexity index is 346. The van der Waals surface area contributed by atoms with E-state index in [1.165, 1.54) is 0 Å². The third-order valence-corrected chi connectivity index (χ3v) is 3.60. The summed E-state index contributed by atoms with van der Waals surface area (Å²) in [6.45, 7) is 0. The number of hydrogen-bond donors (Lipinski definition) is 0. The molecule has 0 aliphatic carbocycles. The molecule has 0 bridgehead atoms. The highest BCUT2D eigenvalue weighted by Crippen LogP contribution is 2.26. The summed E-state index contributed by atoms with van der Waals surface area (Å²) in [5.74, 6) is 0. The third-order valence-electron chi connectivity index (χ3n) is 1.38. The fourth-order valence-electron chi connectivity index (χ4n) is 0.808. The zero-order valence-electron chi connectivity index (χ0n) is 5.94. The molecule has 1 rings (SSSR count). The molecule has 1 nitrogen and oxygen atoms in total. The summed E-state index contributed by atoms with van der Waals surface area (Å²) in [6, 6.07) is 5.65. The smallest absolute Gasteiger partial charge is 0.0992 e. The zero-order chi connectivity index (χ0) is 9.14. The number of nitrogens with zero attached hydrogens (tertiary/aromatic N) is 1. The molecule has 1 aromatic rings. The van der Waals surface area contributed by atoms with Gasteiger partial charge in [0.25, 0.3) is 0 Å². The lowest BCUT2D eigenvalue weighted by molar-refractivity contribution is 1.38. The Balaban J connectivity index is 3.31. The predicted molar refractivity (Wildman–Crippen MR) is 61.5 cm³/mol. The van der Waals surface area contributed by atoms with Crippen molar-refractivity contribution in [3.8, 4) is 6.07 Å². The Morgan fingerprint density at radius 2 is 2.25 bits per heavy atom. The van der Waals surface area contributed by atoms with Crippen LogP contribution in [0.4, 0.5) is 0 Å². The minimum absolute atomic E-state index is 0.651. The van der Waals surface area contributed by atoms with Crippen molar-refractivity contribution in [1.82, 2.24) is 0 Å². The van der Waals surface area contributed by atoms with Crippen LogP contribution in [0.25, 0.3) is 0 Å². The number of halogens is 3. The number of alkyl halides is 1. The van der Waals surface area contributed by atoms with E-state index in [-0.39, 0.29) is 0 Å². The average Bonchev–Trinajstić information content (AvgIpc) is 2.09. The van der Waals surface area contributed by atoms with E-state index >= 15 is 0 Å². The maximum absolute atomic E-state index is 8.66. The molecule has 0 aromatic heterocycles. The average molecular weight is 356 g/mol. The van der Waals surface area contributed by atoms with Gasteiger partial charge in [0.2, 0.25) is 0 Å². The van der Waals surface area contributed by atoms with Crippen LogP contribution in [0.15, 0.2) is 12.1 Å². The van der Waals surface area contributed by atoms with Crippen molar-refractivity contribution in [3.63, 3.8) is 0 Å². The van der Waals surface area contributed by atoms with Gasteiger partial charge in [0.1, 0.15) is 0 Å². The quantitative estimate of drug-likeness (QED) is 0.556. The molecule has 62 valence electrons. The standard InChI is InChI=1S/C8H4BrClIN/c9-3-6-1-5(4-12)2-7(11)8(6)10/h1-2H,3H2. The molecule has 0 aliphatic heterocycles. The zero-order valence-corrected chi connectivity index (χ0v) is 10.4. The molecule has 0 radical (unpaired) electrons. The normalized spacial score (nSPS) is 9.50. The number of nitriles is 1. The molecule has 0 aliphatic rings. The van der Waals surface area contributed by atoms with E-state index in [4.69, 9.17) is 16.9 Å². The molecule has 0 saturated heterocycles. The predicted octanol–water partition coefficient (Wildman–Crippen LogP) is 3.71. The fourth-order valence-corrected chi connectivity index (χ4v) is 2.27. The highest BCUT2D eigenvalue weighted by atomic mass is 127. The third kappa shape index (κ3) is 2.12. The van der Waals surface area contributed by atoms with Gasteiger partial charge in [-0.1, -0.05) is 27.5 Å². The Hall–Kier alpha value is 0.210. The van der Waals surface area contributed by atoms with Gasteiger partial charge >= 0.3 is 0 Å². The largest absolute Gasteiger partial charge is 0.192 e. The number of benzene rings is 1. The minimum atomic E-state index is 0.651. The van der Waals surface area contributed by atoms with Crippen molar-refractivity contribution >= 4 is 50.1 Å². The van der Waals surface area contributed by atoms with Crippen molar-refractivity contribution in [1.29, 1.82) is 5.26 Å².